The minimum Gasteiger partial charge on any atom is -0.494 e. The number of halogens is 1. The zero-order valence-electron chi connectivity index (χ0n) is 19.1. The maximum atomic E-state index is 12.1. The van der Waals surface area contributed by atoms with E-state index in [1.54, 1.807) is 0 Å². The van der Waals surface area contributed by atoms with Gasteiger partial charge in [-0.25, -0.2) is 0 Å². The van der Waals surface area contributed by atoms with Crippen molar-refractivity contribution in [3.05, 3.63) is 84.4 Å². The van der Waals surface area contributed by atoms with Crippen molar-refractivity contribution in [2.45, 2.75) is 38.3 Å². The van der Waals surface area contributed by atoms with Crippen molar-refractivity contribution in [1.29, 1.82) is 0 Å². The van der Waals surface area contributed by atoms with Gasteiger partial charge in [-0.1, -0.05) is 42.5 Å². The third-order valence-corrected chi connectivity index (χ3v) is 6.59. The minimum atomic E-state index is -1.11. The largest absolute Gasteiger partial charge is 0.494 e. The Kier molecular flexibility index (Phi) is 7.20. The van der Waals surface area contributed by atoms with E-state index in [-0.39, 0.29) is 17.0 Å². The van der Waals surface area contributed by atoms with Crippen molar-refractivity contribution in [1.82, 2.24) is 0 Å². The van der Waals surface area contributed by atoms with E-state index in [4.69, 9.17) is 4.74 Å². The second-order valence-electron chi connectivity index (χ2n) is 8.67. The van der Waals surface area contributed by atoms with Gasteiger partial charge in [-0.15, -0.1) is 17.0 Å². The molecule has 0 fully saturated rings. The number of rotatable bonds is 5. The lowest BCUT2D eigenvalue weighted by Crippen LogP contribution is -2.47. The summed E-state index contributed by atoms with van der Waals surface area (Å²) in [5.41, 5.74) is 3.20. The molecule has 0 saturated carbocycles. The molecule has 0 aromatic heterocycles. The molecule has 3 aromatic rings. The summed E-state index contributed by atoms with van der Waals surface area (Å²) in [5.74, 6) is 2.06. The maximum absolute atomic E-state index is 12.1. The van der Waals surface area contributed by atoms with Crippen LogP contribution in [0.3, 0.4) is 0 Å². The highest BCUT2D eigenvalue weighted by molar-refractivity contribution is 8.93. The van der Waals surface area contributed by atoms with Crippen molar-refractivity contribution >= 4 is 28.5 Å². The van der Waals surface area contributed by atoms with Crippen LogP contribution in [0.25, 0.3) is 11.1 Å². The molecule has 0 radical (unpaired) electrons. The van der Waals surface area contributed by atoms with E-state index in [9.17, 15) is 5.11 Å². The van der Waals surface area contributed by atoms with E-state index >= 15 is 0 Å². The Morgan fingerprint density at radius 3 is 2.27 bits per heavy atom. The van der Waals surface area contributed by atoms with Crippen molar-refractivity contribution in [3.63, 3.8) is 0 Å². The number of hydrogen-bond acceptors (Lipinski definition) is 3. The molecule has 5 rings (SSSR count). The molecule has 0 aliphatic carbocycles. The van der Waals surface area contributed by atoms with Gasteiger partial charge >= 0.3 is 0 Å². The van der Waals surface area contributed by atoms with Crippen LogP contribution in [0.2, 0.25) is 0 Å². The molecule has 0 amide bonds. The predicted molar refractivity (Wildman–Crippen MR) is 140 cm³/mol. The third-order valence-electron chi connectivity index (χ3n) is 6.59. The van der Waals surface area contributed by atoms with E-state index in [1.807, 2.05) is 37.3 Å². The van der Waals surface area contributed by atoms with Gasteiger partial charge in [0.25, 0.3) is 11.6 Å². The van der Waals surface area contributed by atoms with Crippen LogP contribution in [0.5, 0.6) is 5.75 Å². The summed E-state index contributed by atoms with van der Waals surface area (Å²) >= 11 is 0. The summed E-state index contributed by atoms with van der Waals surface area (Å²) in [7, 11) is 0. The molecule has 5 heteroatoms. The highest BCUT2D eigenvalue weighted by atomic mass is 79.9. The first-order valence-corrected chi connectivity index (χ1v) is 11.7. The smallest absolute Gasteiger partial charge is 0.275 e. The molecule has 2 heterocycles. The Morgan fingerprint density at radius 2 is 1.58 bits per heavy atom. The normalized spacial score (nSPS) is 20.1. The first kappa shape index (κ1) is 23.5. The second-order valence-corrected chi connectivity index (χ2v) is 8.67. The van der Waals surface area contributed by atoms with E-state index in [0.717, 1.165) is 36.4 Å². The molecular formula is C28H32BrN2O2+. The van der Waals surface area contributed by atoms with Crippen molar-refractivity contribution in [2.75, 3.05) is 24.6 Å². The summed E-state index contributed by atoms with van der Waals surface area (Å²) in [5, 5.41) is 12.1. The lowest BCUT2D eigenvalue weighted by atomic mass is 9.99. The Balaban J connectivity index is 0.00000259. The topological polar surface area (TPSA) is 35.7 Å². The van der Waals surface area contributed by atoms with E-state index in [1.165, 1.54) is 29.8 Å². The number of amidine groups is 1. The van der Waals surface area contributed by atoms with Gasteiger partial charge < -0.3 is 9.84 Å². The Morgan fingerprint density at radius 1 is 0.879 bits per heavy atom. The average molecular weight is 508 g/mol. The summed E-state index contributed by atoms with van der Waals surface area (Å²) in [4.78, 5) is 2.17. The molecule has 33 heavy (non-hydrogen) atoms. The van der Waals surface area contributed by atoms with Gasteiger partial charge in [0, 0.05) is 12.0 Å². The molecule has 0 spiro atoms. The van der Waals surface area contributed by atoms with Gasteiger partial charge in [-0.3, -0.25) is 4.58 Å². The first-order valence-electron chi connectivity index (χ1n) is 11.7. The van der Waals surface area contributed by atoms with Gasteiger partial charge in [0.1, 0.15) is 11.4 Å². The molecular weight excluding hydrogens is 476 g/mol. The summed E-state index contributed by atoms with van der Waals surface area (Å²) < 4.78 is 8.01. The van der Waals surface area contributed by atoms with Crippen LogP contribution >= 0.6 is 17.0 Å². The first-order chi connectivity index (χ1) is 15.7. The molecule has 2 aliphatic rings. The van der Waals surface area contributed by atoms with Gasteiger partial charge in [-0.2, -0.15) is 4.90 Å². The third kappa shape index (κ3) is 4.57. The number of ether oxygens (including phenoxy) is 1. The van der Waals surface area contributed by atoms with Crippen molar-refractivity contribution in [2.24, 2.45) is 0 Å². The molecule has 1 unspecified atom stereocenters. The lowest BCUT2D eigenvalue weighted by Gasteiger charge is -2.29. The van der Waals surface area contributed by atoms with Gasteiger partial charge in [0.05, 0.1) is 13.2 Å². The summed E-state index contributed by atoms with van der Waals surface area (Å²) in [6, 6.07) is 26.9. The standard InChI is InChI=1S/C28H31N2O2.BrH/c1-2-32-26-18-14-24(15-19-26)28(31)21-29-20-8-4-7-11-27(29)30(28)25-16-12-23(13-17-25)22-9-5-3-6-10-22;/h3,5-6,9-10,12-19,31H,2,4,7-8,11,20-21H2,1H3;1H/q+1;. The highest BCUT2D eigenvalue weighted by Crippen LogP contribution is 2.39. The monoisotopic (exact) mass is 507 g/mol. The summed E-state index contributed by atoms with van der Waals surface area (Å²) in [6.45, 7) is 4.19. The quantitative estimate of drug-likeness (QED) is 0.431. The molecule has 4 nitrogen and oxygen atoms in total. The van der Waals surface area contributed by atoms with E-state index in [2.05, 4.69) is 58.0 Å². The van der Waals surface area contributed by atoms with E-state index < -0.39 is 5.72 Å². The number of nitrogens with zero attached hydrogens (tertiary/aromatic N) is 2. The Bertz CT molecular complexity index is 1100. The maximum Gasteiger partial charge on any atom is 0.275 e. The van der Waals surface area contributed by atoms with Crippen LogP contribution in [0.1, 0.15) is 38.2 Å². The fraction of sp³-hybridized carbons (Fsp3) is 0.321. The molecule has 1 atom stereocenters. The summed E-state index contributed by atoms with van der Waals surface area (Å²) in [6.07, 6.45) is 4.55. The highest BCUT2D eigenvalue weighted by Gasteiger charge is 2.54. The number of benzene rings is 3. The number of hydrogen-bond donors (Lipinski definition) is 1. The van der Waals surface area contributed by atoms with Gasteiger partial charge in [0.15, 0.2) is 6.54 Å². The molecule has 0 saturated heterocycles. The molecule has 3 aromatic carbocycles. The number of aliphatic hydroxyl groups is 1. The van der Waals surface area contributed by atoms with Crippen LogP contribution in [-0.4, -0.2) is 35.2 Å². The predicted octanol–water partition coefficient (Wildman–Crippen LogP) is 5.98. The van der Waals surface area contributed by atoms with Crippen LogP contribution in [0.15, 0.2) is 78.9 Å². The zero-order valence-corrected chi connectivity index (χ0v) is 20.8. The SMILES string of the molecule is Br.CCOc1ccc(C2(O)C[N+]3=C(CCCCC3)N2c2ccc(-c3ccccc3)cc2)cc1. The lowest BCUT2D eigenvalue weighted by molar-refractivity contribution is -0.534. The van der Waals surface area contributed by atoms with Crippen LogP contribution < -0.4 is 9.64 Å². The molecule has 1 N–H and O–H groups in total. The molecule has 172 valence electrons. The van der Waals surface area contributed by atoms with Crippen LogP contribution in [0, 0.1) is 0 Å². The van der Waals surface area contributed by atoms with Gasteiger partial charge in [-0.05, 0) is 73.7 Å². The van der Waals surface area contributed by atoms with E-state index in [0.29, 0.717) is 13.2 Å². The Labute approximate surface area is 206 Å². The molecule has 2 aliphatic heterocycles. The van der Waals surface area contributed by atoms with Crippen LogP contribution in [-0.2, 0) is 5.72 Å². The van der Waals surface area contributed by atoms with Gasteiger partial charge in [0.2, 0.25) is 0 Å². The van der Waals surface area contributed by atoms with Crippen molar-refractivity contribution < 1.29 is 14.4 Å². The fourth-order valence-electron chi connectivity index (χ4n) is 5.02. The second kappa shape index (κ2) is 10.1. The van der Waals surface area contributed by atoms with Crippen molar-refractivity contribution in [3.8, 4) is 16.9 Å². The molecule has 0 bridgehead atoms. The number of anilines is 1. The Hall–Kier alpha value is -2.63. The minimum absolute atomic E-state index is 0. The van der Waals surface area contributed by atoms with Crippen LogP contribution in [0.4, 0.5) is 5.69 Å². The fourth-order valence-corrected chi connectivity index (χ4v) is 5.02. The average Bonchev–Trinajstić information content (AvgIpc) is 2.95. The zero-order chi connectivity index (χ0) is 22.0.